The van der Waals surface area contributed by atoms with Gasteiger partial charge in [-0.1, -0.05) is 35.9 Å². The molecule has 0 aromatic heterocycles. The Hall–Kier alpha value is -3.09. The van der Waals surface area contributed by atoms with Gasteiger partial charge in [0.1, 0.15) is 24.1 Å². The summed E-state index contributed by atoms with van der Waals surface area (Å²) in [7, 11) is 0. The Morgan fingerprint density at radius 3 is 2.06 bits per heavy atom. The van der Waals surface area contributed by atoms with Crippen LogP contribution in [0.25, 0.3) is 0 Å². The van der Waals surface area contributed by atoms with Gasteiger partial charge in [0.05, 0.1) is 19.6 Å². The van der Waals surface area contributed by atoms with Gasteiger partial charge in [-0.05, 0) is 65.6 Å². The van der Waals surface area contributed by atoms with Crippen molar-refractivity contribution in [2.24, 2.45) is 11.8 Å². The highest BCUT2D eigenvalue weighted by Crippen LogP contribution is 2.40. The van der Waals surface area contributed by atoms with Crippen LogP contribution in [0.5, 0.6) is 0 Å². The molecule has 186 valence electrons. The van der Waals surface area contributed by atoms with E-state index in [4.69, 9.17) is 16.3 Å². The summed E-state index contributed by atoms with van der Waals surface area (Å²) in [5.41, 5.74) is 1.49. The van der Waals surface area contributed by atoms with E-state index < -0.39 is 17.7 Å². The van der Waals surface area contributed by atoms with Gasteiger partial charge in [-0.3, -0.25) is 9.59 Å². The Morgan fingerprint density at radius 1 is 0.917 bits per heavy atom. The number of rotatable bonds is 7. The van der Waals surface area contributed by atoms with E-state index in [0.29, 0.717) is 39.3 Å². The van der Waals surface area contributed by atoms with Crippen LogP contribution in [-0.4, -0.2) is 42.4 Å². The third-order valence-electron chi connectivity index (χ3n) is 7.59. The minimum atomic E-state index is -0.927. The first-order chi connectivity index (χ1) is 17.3. The second-order valence-electron chi connectivity index (χ2n) is 9.93. The Kier molecular flexibility index (Phi) is 6.91. The zero-order valence-corrected chi connectivity index (χ0v) is 20.5. The molecule has 4 nitrogen and oxygen atoms in total. The van der Waals surface area contributed by atoms with Crippen molar-refractivity contribution in [3.05, 3.63) is 106 Å². The normalized spacial score (nSPS) is 23.0. The fourth-order valence-corrected chi connectivity index (χ4v) is 5.81. The molecule has 0 saturated carbocycles. The molecular formula is C29H27ClF2NO3+. The lowest BCUT2D eigenvalue weighted by Crippen LogP contribution is -2.64. The maximum absolute atomic E-state index is 14.0. The van der Waals surface area contributed by atoms with Crippen molar-refractivity contribution in [2.45, 2.75) is 18.9 Å². The van der Waals surface area contributed by atoms with Gasteiger partial charge in [-0.2, -0.15) is 0 Å². The van der Waals surface area contributed by atoms with Crippen LogP contribution in [-0.2, 0) is 9.53 Å². The summed E-state index contributed by atoms with van der Waals surface area (Å²) in [4.78, 5) is 26.6. The number of hydrogen-bond donors (Lipinski definition) is 0. The van der Waals surface area contributed by atoms with Crippen LogP contribution in [0.2, 0.25) is 5.02 Å². The van der Waals surface area contributed by atoms with Crippen LogP contribution in [0.1, 0.15) is 40.4 Å². The van der Waals surface area contributed by atoms with Gasteiger partial charge in [0.25, 0.3) is 0 Å². The molecule has 3 saturated heterocycles. The Labute approximate surface area is 214 Å². The van der Waals surface area contributed by atoms with Gasteiger partial charge < -0.3 is 9.22 Å². The van der Waals surface area contributed by atoms with Crippen molar-refractivity contribution >= 4 is 23.4 Å². The molecule has 3 aliphatic heterocycles. The minimum Gasteiger partial charge on any atom is -0.452 e. The van der Waals surface area contributed by atoms with E-state index in [2.05, 4.69) is 0 Å². The molecule has 2 bridgehead atoms. The van der Waals surface area contributed by atoms with Crippen molar-refractivity contribution in [2.75, 3.05) is 26.2 Å². The van der Waals surface area contributed by atoms with Crippen LogP contribution >= 0.6 is 11.6 Å². The number of nitrogens with zero attached hydrogens (tertiary/aromatic N) is 1. The highest BCUT2D eigenvalue weighted by Gasteiger charge is 2.50. The molecule has 7 heteroatoms. The summed E-state index contributed by atoms with van der Waals surface area (Å²) in [6, 6.07) is 18.5. The third kappa shape index (κ3) is 5.20. The quantitative estimate of drug-likeness (QED) is 0.223. The van der Waals surface area contributed by atoms with Gasteiger partial charge in [0, 0.05) is 23.4 Å². The predicted octanol–water partition coefficient (Wildman–Crippen LogP) is 5.99. The minimum absolute atomic E-state index is 0.0246. The molecule has 3 heterocycles. The number of hydrogen-bond acceptors (Lipinski definition) is 3. The summed E-state index contributed by atoms with van der Waals surface area (Å²) in [5.74, 6) is -1.49. The Balaban J connectivity index is 1.36. The zero-order valence-electron chi connectivity index (χ0n) is 19.7. The Morgan fingerprint density at radius 2 is 1.50 bits per heavy atom. The summed E-state index contributed by atoms with van der Waals surface area (Å²) in [6.07, 6.45) is 0.736. The molecule has 0 aliphatic carbocycles. The van der Waals surface area contributed by atoms with Crippen LogP contribution in [0.4, 0.5) is 8.78 Å². The van der Waals surface area contributed by atoms with Crippen molar-refractivity contribution in [1.29, 1.82) is 0 Å². The van der Waals surface area contributed by atoms with Crippen LogP contribution < -0.4 is 0 Å². The molecule has 3 aliphatic rings. The van der Waals surface area contributed by atoms with Gasteiger partial charge >= 0.3 is 5.97 Å². The SMILES string of the molecule is O=C(C[N+]12CCC(CC1)C(C(=O)OC(c1cccc(F)c1)c1cccc(F)c1)C2)c1ccc(Cl)cc1. The van der Waals surface area contributed by atoms with E-state index in [0.717, 1.165) is 25.9 Å². The van der Waals surface area contributed by atoms with Crippen molar-refractivity contribution in [1.82, 2.24) is 0 Å². The number of esters is 1. The van der Waals surface area contributed by atoms with Crippen LogP contribution in [0.3, 0.4) is 0 Å². The summed E-state index contributed by atoms with van der Waals surface area (Å²) in [6.45, 7) is 2.51. The predicted molar refractivity (Wildman–Crippen MR) is 132 cm³/mol. The van der Waals surface area contributed by atoms with Crippen LogP contribution in [0.15, 0.2) is 72.8 Å². The second-order valence-corrected chi connectivity index (χ2v) is 10.4. The Bertz CT molecular complexity index is 1230. The first-order valence-electron chi connectivity index (χ1n) is 12.2. The van der Waals surface area contributed by atoms with Gasteiger partial charge in [-0.25, -0.2) is 8.78 Å². The molecular weight excluding hydrogens is 484 g/mol. The van der Waals surface area contributed by atoms with E-state index in [1.807, 2.05) is 0 Å². The smallest absolute Gasteiger partial charge is 0.315 e. The number of ketones is 1. The summed E-state index contributed by atoms with van der Waals surface area (Å²) < 4.78 is 34.6. The number of halogens is 3. The van der Waals surface area contributed by atoms with E-state index in [9.17, 15) is 18.4 Å². The number of benzene rings is 3. The summed E-state index contributed by atoms with van der Waals surface area (Å²) >= 11 is 5.96. The second kappa shape index (κ2) is 10.1. The highest BCUT2D eigenvalue weighted by atomic mass is 35.5. The molecule has 3 aromatic rings. The fraction of sp³-hybridized carbons (Fsp3) is 0.310. The first-order valence-corrected chi connectivity index (χ1v) is 12.5. The number of quaternary nitrogens is 1. The fourth-order valence-electron chi connectivity index (χ4n) is 5.68. The average Bonchev–Trinajstić information content (AvgIpc) is 2.88. The number of carbonyl (C=O) groups excluding carboxylic acids is 2. The van der Waals surface area contributed by atoms with E-state index in [1.165, 1.54) is 24.3 Å². The number of ether oxygens (including phenoxy) is 1. The number of piperidine rings is 3. The van der Waals surface area contributed by atoms with E-state index in [1.54, 1.807) is 48.5 Å². The molecule has 1 unspecified atom stereocenters. The van der Waals surface area contributed by atoms with Crippen molar-refractivity contribution < 1.29 is 27.6 Å². The molecule has 0 N–H and O–H groups in total. The van der Waals surface area contributed by atoms with E-state index >= 15 is 0 Å². The number of fused-ring (bicyclic) bond motifs is 3. The van der Waals surface area contributed by atoms with E-state index in [-0.39, 0.29) is 23.6 Å². The standard InChI is InChI=1S/C29H27ClF2NO3/c30-23-9-7-20(8-10-23)27(34)18-33-13-11-19(12-14-33)26(17-33)29(35)36-28(21-3-1-5-24(31)15-21)22-4-2-6-25(32)16-22/h1-10,15-16,19,26,28H,11-14,17-18H2/q+1. The maximum atomic E-state index is 14.0. The van der Waals surface area contributed by atoms with Gasteiger partial charge in [0.15, 0.2) is 6.10 Å². The van der Waals surface area contributed by atoms with Gasteiger partial charge in [-0.15, -0.1) is 0 Å². The zero-order chi connectivity index (χ0) is 25.3. The highest BCUT2D eigenvalue weighted by molar-refractivity contribution is 6.30. The van der Waals surface area contributed by atoms with Crippen molar-refractivity contribution in [3.8, 4) is 0 Å². The number of Topliss-reactive ketones (excluding diaryl/α,β-unsaturated/α-hetero) is 1. The molecule has 3 aromatic carbocycles. The maximum Gasteiger partial charge on any atom is 0.315 e. The largest absolute Gasteiger partial charge is 0.452 e. The topological polar surface area (TPSA) is 43.4 Å². The first kappa shape index (κ1) is 24.6. The van der Waals surface area contributed by atoms with Crippen LogP contribution in [0, 0.1) is 23.5 Å². The molecule has 36 heavy (non-hydrogen) atoms. The lowest BCUT2D eigenvalue weighted by Gasteiger charge is -2.51. The molecule has 0 spiro atoms. The third-order valence-corrected chi connectivity index (χ3v) is 7.84. The van der Waals surface area contributed by atoms with Gasteiger partial charge in [0.2, 0.25) is 5.78 Å². The van der Waals surface area contributed by atoms with Crippen molar-refractivity contribution in [3.63, 3.8) is 0 Å². The molecule has 3 fully saturated rings. The summed E-state index contributed by atoms with van der Waals surface area (Å²) in [5, 5.41) is 0.575. The number of carbonyl (C=O) groups is 2. The molecule has 1 atom stereocenters. The lowest BCUT2D eigenvalue weighted by molar-refractivity contribution is -0.938. The lowest BCUT2D eigenvalue weighted by atomic mass is 9.76. The average molecular weight is 511 g/mol. The molecule has 0 amide bonds. The molecule has 0 radical (unpaired) electrons. The monoisotopic (exact) mass is 510 g/mol. The molecule has 6 rings (SSSR count).